The maximum atomic E-state index is 12.9. The molecule has 1 heterocycles. The average molecular weight is 349 g/mol. The highest BCUT2D eigenvalue weighted by atomic mass is 16.5. The van der Waals surface area contributed by atoms with Crippen LogP contribution in [0.1, 0.15) is 26.3 Å². The second-order valence-corrected chi connectivity index (χ2v) is 7.16. The SMILES string of the molecule is CC(C)(C)N(Cc1ccccc1)C(=O)COc1nncc2ccccc12. The van der Waals surface area contributed by atoms with Crippen molar-refractivity contribution in [3.63, 3.8) is 0 Å². The molecule has 0 atom stereocenters. The van der Waals surface area contributed by atoms with E-state index in [2.05, 4.69) is 10.2 Å². The third-order valence-corrected chi connectivity index (χ3v) is 4.16. The molecule has 0 saturated heterocycles. The van der Waals surface area contributed by atoms with Gasteiger partial charge in [0.25, 0.3) is 5.91 Å². The minimum absolute atomic E-state index is 0.0766. The van der Waals surface area contributed by atoms with Crippen LogP contribution in [-0.2, 0) is 11.3 Å². The fraction of sp³-hybridized carbons (Fsp3) is 0.286. The fourth-order valence-electron chi connectivity index (χ4n) is 2.78. The Hall–Kier alpha value is -2.95. The highest BCUT2D eigenvalue weighted by molar-refractivity contribution is 5.86. The number of hydrogen-bond donors (Lipinski definition) is 0. The Labute approximate surface area is 153 Å². The summed E-state index contributed by atoms with van der Waals surface area (Å²) in [6.07, 6.45) is 1.68. The molecule has 0 spiro atoms. The Bertz CT molecular complexity index is 883. The van der Waals surface area contributed by atoms with Gasteiger partial charge in [-0.3, -0.25) is 4.79 Å². The molecule has 26 heavy (non-hydrogen) atoms. The molecular formula is C21H23N3O2. The van der Waals surface area contributed by atoms with Crippen molar-refractivity contribution in [3.8, 4) is 5.88 Å². The Kier molecular flexibility index (Phi) is 5.16. The second-order valence-electron chi connectivity index (χ2n) is 7.16. The van der Waals surface area contributed by atoms with E-state index in [1.807, 2.05) is 80.3 Å². The predicted octanol–water partition coefficient (Wildman–Crippen LogP) is 3.84. The van der Waals surface area contributed by atoms with E-state index in [1.54, 1.807) is 6.20 Å². The van der Waals surface area contributed by atoms with Crippen molar-refractivity contribution in [2.24, 2.45) is 0 Å². The molecule has 2 aromatic carbocycles. The number of fused-ring (bicyclic) bond motifs is 1. The normalized spacial score (nSPS) is 11.3. The van der Waals surface area contributed by atoms with Gasteiger partial charge in [0.1, 0.15) is 0 Å². The molecule has 1 aromatic heterocycles. The van der Waals surface area contributed by atoms with Crippen LogP contribution < -0.4 is 4.74 Å². The Morgan fingerprint density at radius 2 is 1.73 bits per heavy atom. The molecule has 3 aromatic rings. The van der Waals surface area contributed by atoms with E-state index >= 15 is 0 Å². The lowest BCUT2D eigenvalue weighted by Gasteiger charge is -2.35. The van der Waals surface area contributed by atoms with Gasteiger partial charge in [0.15, 0.2) is 6.61 Å². The van der Waals surface area contributed by atoms with Gasteiger partial charge in [-0.05, 0) is 32.4 Å². The monoisotopic (exact) mass is 349 g/mol. The maximum absolute atomic E-state index is 12.9. The average Bonchev–Trinajstić information content (AvgIpc) is 2.64. The van der Waals surface area contributed by atoms with E-state index in [0.717, 1.165) is 16.3 Å². The highest BCUT2D eigenvalue weighted by Crippen LogP contribution is 2.22. The molecule has 0 unspecified atom stereocenters. The molecule has 0 N–H and O–H groups in total. The molecule has 5 nitrogen and oxygen atoms in total. The quantitative estimate of drug-likeness (QED) is 0.702. The third-order valence-electron chi connectivity index (χ3n) is 4.16. The zero-order valence-corrected chi connectivity index (χ0v) is 15.3. The van der Waals surface area contributed by atoms with Crippen LogP contribution in [0.5, 0.6) is 5.88 Å². The van der Waals surface area contributed by atoms with Crippen LogP contribution in [0, 0.1) is 0 Å². The van der Waals surface area contributed by atoms with Crippen molar-refractivity contribution >= 4 is 16.7 Å². The molecule has 0 bridgehead atoms. The number of ether oxygens (including phenoxy) is 1. The minimum atomic E-state index is -0.319. The molecule has 0 fully saturated rings. The highest BCUT2D eigenvalue weighted by Gasteiger charge is 2.27. The van der Waals surface area contributed by atoms with E-state index in [0.29, 0.717) is 12.4 Å². The standard InChI is InChI=1S/C21H23N3O2/c1-21(2,3)24(14-16-9-5-4-6-10-16)19(25)15-26-20-18-12-8-7-11-17(18)13-22-23-20/h4-13H,14-15H2,1-3H3. The summed E-state index contributed by atoms with van der Waals surface area (Å²) in [6.45, 7) is 6.52. The number of amides is 1. The summed E-state index contributed by atoms with van der Waals surface area (Å²) in [5.41, 5.74) is 0.765. The zero-order chi connectivity index (χ0) is 18.6. The molecule has 3 rings (SSSR count). The number of benzene rings is 2. The first-order valence-corrected chi connectivity index (χ1v) is 8.63. The van der Waals surface area contributed by atoms with Gasteiger partial charge >= 0.3 is 0 Å². The third kappa shape index (κ3) is 4.17. The van der Waals surface area contributed by atoms with E-state index in [1.165, 1.54) is 0 Å². The summed E-state index contributed by atoms with van der Waals surface area (Å²) in [4.78, 5) is 14.7. The van der Waals surface area contributed by atoms with Crippen LogP contribution in [0.15, 0.2) is 60.8 Å². The molecule has 0 aliphatic rings. The van der Waals surface area contributed by atoms with Crippen molar-refractivity contribution in [1.29, 1.82) is 0 Å². The molecule has 0 saturated carbocycles. The Morgan fingerprint density at radius 1 is 1.04 bits per heavy atom. The lowest BCUT2D eigenvalue weighted by atomic mass is 10.0. The van der Waals surface area contributed by atoms with Gasteiger partial charge in [-0.15, -0.1) is 5.10 Å². The van der Waals surface area contributed by atoms with Gasteiger partial charge in [-0.2, -0.15) is 5.10 Å². The predicted molar refractivity (Wildman–Crippen MR) is 102 cm³/mol. The summed E-state index contributed by atoms with van der Waals surface area (Å²) in [5.74, 6) is 0.293. The van der Waals surface area contributed by atoms with E-state index in [4.69, 9.17) is 4.74 Å². The van der Waals surface area contributed by atoms with Crippen molar-refractivity contribution in [2.45, 2.75) is 32.9 Å². The van der Waals surface area contributed by atoms with Crippen LogP contribution in [0.3, 0.4) is 0 Å². The molecule has 0 aliphatic carbocycles. The minimum Gasteiger partial charge on any atom is -0.466 e. The van der Waals surface area contributed by atoms with Crippen LogP contribution in [-0.4, -0.2) is 33.2 Å². The van der Waals surface area contributed by atoms with Crippen molar-refractivity contribution in [1.82, 2.24) is 15.1 Å². The molecule has 1 amide bonds. The van der Waals surface area contributed by atoms with Crippen LogP contribution in [0.4, 0.5) is 0 Å². The second kappa shape index (κ2) is 7.52. The smallest absolute Gasteiger partial charge is 0.261 e. The van der Waals surface area contributed by atoms with Gasteiger partial charge < -0.3 is 9.64 Å². The van der Waals surface area contributed by atoms with Gasteiger partial charge in [0.05, 0.1) is 6.20 Å². The van der Waals surface area contributed by atoms with Crippen molar-refractivity contribution in [3.05, 3.63) is 66.4 Å². The summed E-state index contributed by atoms with van der Waals surface area (Å²) in [5, 5.41) is 9.77. The molecule has 0 aliphatic heterocycles. The molecule has 134 valence electrons. The number of hydrogen-bond acceptors (Lipinski definition) is 4. The summed E-state index contributed by atoms with van der Waals surface area (Å²) < 4.78 is 5.73. The Balaban J connectivity index is 1.75. The van der Waals surface area contributed by atoms with Gasteiger partial charge in [0.2, 0.25) is 5.88 Å². The van der Waals surface area contributed by atoms with E-state index in [9.17, 15) is 4.79 Å². The number of rotatable bonds is 5. The number of aromatic nitrogens is 2. The summed E-state index contributed by atoms with van der Waals surface area (Å²) in [7, 11) is 0. The number of carbonyl (C=O) groups is 1. The van der Waals surface area contributed by atoms with Gasteiger partial charge in [-0.1, -0.05) is 48.5 Å². The molecule has 5 heteroatoms. The molecule has 0 radical (unpaired) electrons. The van der Waals surface area contributed by atoms with Crippen LogP contribution >= 0.6 is 0 Å². The van der Waals surface area contributed by atoms with Gasteiger partial charge in [0, 0.05) is 22.9 Å². The van der Waals surface area contributed by atoms with Crippen molar-refractivity contribution < 1.29 is 9.53 Å². The summed E-state index contributed by atoms with van der Waals surface area (Å²) in [6, 6.07) is 17.6. The number of nitrogens with zero attached hydrogens (tertiary/aromatic N) is 3. The molecular weight excluding hydrogens is 326 g/mol. The first-order valence-electron chi connectivity index (χ1n) is 8.63. The summed E-state index contributed by atoms with van der Waals surface area (Å²) >= 11 is 0. The number of carbonyl (C=O) groups excluding carboxylic acids is 1. The lowest BCUT2D eigenvalue weighted by Crippen LogP contribution is -2.47. The lowest BCUT2D eigenvalue weighted by molar-refractivity contribution is -0.139. The van der Waals surface area contributed by atoms with E-state index in [-0.39, 0.29) is 18.1 Å². The maximum Gasteiger partial charge on any atom is 0.261 e. The van der Waals surface area contributed by atoms with Gasteiger partial charge in [-0.25, -0.2) is 0 Å². The largest absolute Gasteiger partial charge is 0.466 e. The topological polar surface area (TPSA) is 55.3 Å². The van der Waals surface area contributed by atoms with Crippen molar-refractivity contribution in [2.75, 3.05) is 6.61 Å². The van der Waals surface area contributed by atoms with E-state index < -0.39 is 0 Å². The fourth-order valence-corrected chi connectivity index (χ4v) is 2.78. The first kappa shape index (κ1) is 17.9. The Morgan fingerprint density at radius 3 is 2.46 bits per heavy atom. The van der Waals surface area contributed by atoms with Crippen LogP contribution in [0.25, 0.3) is 10.8 Å². The first-order chi connectivity index (χ1) is 12.4. The van der Waals surface area contributed by atoms with Crippen LogP contribution in [0.2, 0.25) is 0 Å². The zero-order valence-electron chi connectivity index (χ0n) is 15.3.